The number of rotatable bonds is 7. The number of hydrogen-bond donors (Lipinski definition) is 0. The van der Waals surface area contributed by atoms with Gasteiger partial charge >= 0.3 is 11.9 Å². The zero-order valence-electron chi connectivity index (χ0n) is 18.4. The number of carbonyl (C=O) groups is 2. The van der Waals surface area contributed by atoms with Crippen LogP contribution in [0.3, 0.4) is 0 Å². The van der Waals surface area contributed by atoms with E-state index in [0.717, 1.165) is 0 Å². The van der Waals surface area contributed by atoms with E-state index in [1.807, 2.05) is 30.3 Å². The van der Waals surface area contributed by atoms with Crippen LogP contribution in [0.2, 0.25) is 0 Å². The van der Waals surface area contributed by atoms with Crippen LogP contribution in [0.5, 0.6) is 17.2 Å². The van der Waals surface area contributed by atoms with Gasteiger partial charge in [-0.3, -0.25) is 0 Å². The monoisotopic (exact) mass is 451 g/mol. The third-order valence-corrected chi connectivity index (χ3v) is 4.77. The van der Waals surface area contributed by atoms with Crippen LogP contribution in [0.25, 0.3) is 0 Å². The molecule has 168 valence electrons. The summed E-state index contributed by atoms with van der Waals surface area (Å²) in [5, 5.41) is 4.16. The smallest absolute Gasteiger partial charge is 0.343 e. The largest absolute Gasteiger partial charge is 0.423 e. The molecule has 4 aromatic carbocycles. The zero-order valence-corrected chi connectivity index (χ0v) is 18.4. The van der Waals surface area contributed by atoms with Gasteiger partial charge in [0.25, 0.3) is 0 Å². The van der Waals surface area contributed by atoms with E-state index in [2.05, 4.69) is 5.16 Å². The first-order chi connectivity index (χ1) is 16.6. The van der Waals surface area contributed by atoms with Crippen LogP contribution in [-0.2, 0) is 0 Å². The quantitative estimate of drug-likeness (QED) is 0.151. The Morgan fingerprint density at radius 2 is 1.00 bits per heavy atom. The van der Waals surface area contributed by atoms with Crippen LogP contribution >= 0.6 is 0 Å². The highest BCUT2D eigenvalue weighted by Crippen LogP contribution is 2.26. The first kappa shape index (κ1) is 22.5. The van der Waals surface area contributed by atoms with Crippen molar-refractivity contribution in [3.63, 3.8) is 0 Å². The van der Waals surface area contributed by atoms with E-state index in [0.29, 0.717) is 28.2 Å². The lowest BCUT2D eigenvalue weighted by atomic mass is 10.1. The first-order valence-corrected chi connectivity index (χ1v) is 10.5. The molecule has 4 aromatic rings. The van der Waals surface area contributed by atoms with Crippen molar-refractivity contribution in [1.29, 1.82) is 0 Å². The molecule has 0 aliphatic rings. The van der Waals surface area contributed by atoms with Crippen molar-refractivity contribution in [3.8, 4) is 17.2 Å². The molecule has 0 saturated carbocycles. The summed E-state index contributed by atoms with van der Waals surface area (Å²) in [7, 11) is 0. The lowest BCUT2D eigenvalue weighted by molar-refractivity contribution is 0.0733. The number of nitrogens with zero attached hydrogens (tertiary/aromatic N) is 1. The highest BCUT2D eigenvalue weighted by molar-refractivity contribution is 6.00. The van der Waals surface area contributed by atoms with E-state index in [1.54, 1.807) is 79.7 Å². The predicted octanol–water partition coefficient (Wildman–Crippen LogP) is 5.93. The second kappa shape index (κ2) is 10.7. The number of benzene rings is 4. The Morgan fingerprint density at radius 3 is 1.47 bits per heavy atom. The van der Waals surface area contributed by atoms with Crippen LogP contribution in [0, 0.1) is 0 Å². The molecular formula is C28H21NO5. The van der Waals surface area contributed by atoms with E-state index in [9.17, 15) is 9.59 Å². The van der Waals surface area contributed by atoms with Crippen LogP contribution in [0.15, 0.2) is 114 Å². The van der Waals surface area contributed by atoms with E-state index in [4.69, 9.17) is 14.3 Å². The zero-order chi connectivity index (χ0) is 23.8. The summed E-state index contributed by atoms with van der Waals surface area (Å²) < 4.78 is 11.1. The van der Waals surface area contributed by atoms with Gasteiger partial charge in [0.05, 0.1) is 16.8 Å². The summed E-state index contributed by atoms with van der Waals surface area (Å²) in [4.78, 5) is 30.6. The summed E-state index contributed by atoms with van der Waals surface area (Å²) in [6, 6.07) is 31.1. The Morgan fingerprint density at radius 1 is 0.559 bits per heavy atom. The molecule has 0 unspecified atom stereocenters. The van der Waals surface area contributed by atoms with Crippen LogP contribution in [-0.4, -0.2) is 17.7 Å². The van der Waals surface area contributed by atoms with Gasteiger partial charge in [-0.15, -0.1) is 0 Å². The van der Waals surface area contributed by atoms with Gasteiger partial charge in [-0.05, 0) is 55.5 Å². The molecule has 6 nitrogen and oxygen atoms in total. The lowest BCUT2D eigenvalue weighted by Crippen LogP contribution is -2.11. The van der Waals surface area contributed by atoms with Gasteiger partial charge in [-0.1, -0.05) is 59.8 Å². The molecule has 0 amide bonds. The Hall–Kier alpha value is -4.71. The SMILES string of the molecule is C/C(=N\Oc1ccccc1)c1cc(OC(=O)c2ccccc2)cc(OC(=O)c2ccccc2)c1. The summed E-state index contributed by atoms with van der Waals surface area (Å²) >= 11 is 0. The maximum atomic E-state index is 12.6. The van der Waals surface area contributed by atoms with Gasteiger partial charge < -0.3 is 14.3 Å². The van der Waals surface area contributed by atoms with E-state index >= 15 is 0 Å². The highest BCUT2D eigenvalue weighted by Gasteiger charge is 2.14. The average Bonchev–Trinajstić information content (AvgIpc) is 2.88. The Kier molecular flexibility index (Phi) is 7.10. The minimum absolute atomic E-state index is 0.205. The van der Waals surface area contributed by atoms with Crippen molar-refractivity contribution in [2.24, 2.45) is 5.16 Å². The van der Waals surface area contributed by atoms with E-state index < -0.39 is 11.9 Å². The fourth-order valence-corrected chi connectivity index (χ4v) is 3.03. The van der Waals surface area contributed by atoms with Gasteiger partial charge in [0.2, 0.25) is 0 Å². The molecule has 0 aromatic heterocycles. The number of para-hydroxylation sites is 1. The number of esters is 2. The number of hydrogen-bond acceptors (Lipinski definition) is 6. The second-order valence-electron chi connectivity index (χ2n) is 7.29. The van der Waals surface area contributed by atoms with Gasteiger partial charge in [-0.2, -0.15) is 0 Å². The molecule has 0 N–H and O–H groups in total. The third kappa shape index (κ3) is 5.95. The molecule has 0 saturated heterocycles. The van der Waals surface area contributed by atoms with Crippen molar-refractivity contribution in [2.75, 3.05) is 0 Å². The van der Waals surface area contributed by atoms with Gasteiger partial charge in [0, 0.05) is 11.6 Å². The molecule has 4 rings (SSSR count). The van der Waals surface area contributed by atoms with Crippen molar-refractivity contribution in [1.82, 2.24) is 0 Å². The molecule has 6 heteroatoms. The number of ether oxygens (including phenoxy) is 2. The van der Waals surface area contributed by atoms with Crippen LogP contribution < -0.4 is 14.3 Å². The molecule has 0 fully saturated rings. The van der Waals surface area contributed by atoms with Gasteiger partial charge in [0.15, 0.2) is 5.75 Å². The summed E-state index contributed by atoms with van der Waals surface area (Å²) in [5.74, 6) is -0.0846. The second-order valence-corrected chi connectivity index (χ2v) is 7.29. The molecular weight excluding hydrogens is 430 g/mol. The predicted molar refractivity (Wildman–Crippen MR) is 129 cm³/mol. The maximum Gasteiger partial charge on any atom is 0.343 e. The molecule has 0 aliphatic carbocycles. The normalized spacial score (nSPS) is 10.9. The average molecular weight is 451 g/mol. The van der Waals surface area contributed by atoms with Crippen molar-refractivity contribution >= 4 is 17.7 Å². The van der Waals surface area contributed by atoms with Crippen molar-refractivity contribution in [2.45, 2.75) is 6.92 Å². The summed E-state index contributed by atoms with van der Waals surface area (Å²) in [6.45, 7) is 1.74. The van der Waals surface area contributed by atoms with E-state index in [-0.39, 0.29) is 11.5 Å². The topological polar surface area (TPSA) is 74.2 Å². The molecule has 0 heterocycles. The van der Waals surface area contributed by atoms with Crippen molar-refractivity contribution in [3.05, 3.63) is 126 Å². The summed E-state index contributed by atoms with van der Waals surface area (Å²) in [6.07, 6.45) is 0. The number of oxime groups is 1. The Bertz CT molecular complexity index is 1230. The summed E-state index contributed by atoms with van der Waals surface area (Å²) in [5.41, 5.74) is 1.85. The lowest BCUT2D eigenvalue weighted by Gasteiger charge is -2.11. The fourth-order valence-electron chi connectivity index (χ4n) is 3.03. The Labute approximate surface area is 197 Å². The third-order valence-electron chi connectivity index (χ3n) is 4.77. The van der Waals surface area contributed by atoms with Gasteiger partial charge in [0.1, 0.15) is 11.5 Å². The molecule has 34 heavy (non-hydrogen) atoms. The maximum absolute atomic E-state index is 12.6. The molecule has 0 radical (unpaired) electrons. The fraction of sp³-hybridized carbons (Fsp3) is 0.0357. The minimum atomic E-state index is -0.534. The molecule has 0 atom stereocenters. The first-order valence-electron chi connectivity index (χ1n) is 10.5. The number of carbonyl (C=O) groups excluding carboxylic acids is 2. The minimum Gasteiger partial charge on any atom is -0.423 e. The van der Waals surface area contributed by atoms with Crippen LogP contribution in [0.1, 0.15) is 33.2 Å². The molecule has 0 bridgehead atoms. The molecule has 0 spiro atoms. The highest BCUT2D eigenvalue weighted by atomic mass is 16.6. The van der Waals surface area contributed by atoms with Crippen molar-refractivity contribution < 1.29 is 23.9 Å². The van der Waals surface area contributed by atoms with Gasteiger partial charge in [-0.25, -0.2) is 9.59 Å². The molecule has 0 aliphatic heterocycles. The standard InChI is InChI=1S/C28H21NO5/c1-20(29-34-24-15-9-4-10-16-24)23-17-25(32-27(30)21-11-5-2-6-12-21)19-26(18-23)33-28(31)22-13-7-3-8-14-22/h2-19H,1H3/b29-20+. The van der Waals surface area contributed by atoms with E-state index in [1.165, 1.54) is 6.07 Å². The van der Waals surface area contributed by atoms with Crippen LogP contribution in [0.4, 0.5) is 0 Å². The Balaban J connectivity index is 1.62.